The summed E-state index contributed by atoms with van der Waals surface area (Å²) < 4.78 is 49.0. The molecule has 0 fully saturated rings. The van der Waals surface area contributed by atoms with Gasteiger partial charge in [-0.05, 0) is 76.2 Å². The van der Waals surface area contributed by atoms with Crippen LogP contribution in [0.5, 0.6) is 11.6 Å². The summed E-state index contributed by atoms with van der Waals surface area (Å²) in [7, 11) is 0. The van der Waals surface area contributed by atoms with E-state index < -0.39 is 29.4 Å². The zero-order chi connectivity index (χ0) is 29.1. The van der Waals surface area contributed by atoms with Gasteiger partial charge in [-0.3, -0.25) is 4.57 Å². The highest BCUT2D eigenvalue weighted by molar-refractivity contribution is 14.1. The summed E-state index contributed by atoms with van der Waals surface area (Å²) >= 11 is 2.18. The number of imidazole rings is 2. The molecule has 0 aliphatic rings. The van der Waals surface area contributed by atoms with E-state index in [0.29, 0.717) is 17.0 Å². The standard InChI is InChI=1S/C29H24F3IN4O4/c30-29(31,32)22-4-2-1-3-19(22)15-24(26-34-16-23(35-26)17-5-9-20(33)10-6-17)37-27(39)25(36-28(37)40)18-7-11-21(12-8-18)41-14-13-38/h1-12,16,24,38-39H,13-15H2,(H,34,35)(H,36,40)/t24-/m0/s1. The first kappa shape index (κ1) is 28.5. The summed E-state index contributed by atoms with van der Waals surface area (Å²) in [5.41, 5.74) is 0.318. The van der Waals surface area contributed by atoms with E-state index in [1.165, 1.54) is 18.2 Å². The van der Waals surface area contributed by atoms with Crippen molar-refractivity contribution >= 4 is 22.6 Å². The number of rotatable bonds is 9. The van der Waals surface area contributed by atoms with E-state index in [0.717, 1.165) is 19.8 Å². The molecule has 4 N–H and O–H groups in total. The summed E-state index contributed by atoms with van der Waals surface area (Å²) in [6.45, 7) is -0.0537. The van der Waals surface area contributed by atoms with E-state index >= 15 is 0 Å². The predicted molar refractivity (Wildman–Crippen MR) is 155 cm³/mol. The molecule has 5 rings (SSSR count). The van der Waals surface area contributed by atoms with E-state index in [1.54, 1.807) is 30.5 Å². The molecular weight excluding hydrogens is 652 g/mol. The van der Waals surface area contributed by atoms with Crippen LogP contribution in [0.15, 0.2) is 83.8 Å². The molecule has 5 aromatic rings. The normalized spacial score (nSPS) is 12.4. The Morgan fingerprint density at radius 3 is 2.34 bits per heavy atom. The van der Waals surface area contributed by atoms with Crippen molar-refractivity contribution in [3.63, 3.8) is 0 Å². The van der Waals surface area contributed by atoms with E-state index in [1.807, 2.05) is 24.3 Å². The highest BCUT2D eigenvalue weighted by atomic mass is 127. The van der Waals surface area contributed by atoms with Crippen molar-refractivity contribution in [2.75, 3.05) is 13.2 Å². The minimum absolute atomic E-state index is 0.0587. The van der Waals surface area contributed by atoms with Gasteiger partial charge in [0, 0.05) is 15.6 Å². The Morgan fingerprint density at radius 1 is 0.976 bits per heavy atom. The van der Waals surface area contributed by atoms with Gasteiger partial charge in [-0.1, -0.05) is 30.3 Å². The van der Waals surface area contributed by atoms with Gasteiger partial charge in [0.05, 0.1) is 24.1 Å². The van der Waals surface area contributed by atoms with Crippen LogP contribution >= 0.6 is 22.6 Å². The van der Waals surface area contributed by atoms with Gasteiger partial charge in [-0.2, -0.15) is 13.2 Å². The number of aliphatic hydroxyl groups excluding tert-OH is 1. The SMILES string of the molecule is O=c1[nH]c(-c2ccc(OCCO)cc2)c(O)n1[C@@H](Cc1ccccc1C(F)(F)F)c1ncc(-c2ccc(I)cc2)[nH]1. The molecule has 3 aromatic carbocycles. The van der Waals surface area contributed by atoms with E-state index in [2.05, 4.69) is 37.5 Å². The van der Waals surface area contributed by atoms with Crippen LogP contribution < -0.4 is 10.4 Å². The third-order valence-corrected chi connectivity index (χ3v) is 7.24. The molecule has 0 unspecified atom stereocenters. The highest BCUT2D eigenvalue weighted by Gasteiger charge is 2.35. The van der Waals surface area contributed by atoms with Crippen LogP contribution in [0.1, 0.15) is 23.0 Å². The first-order chi connectivity index (χ1) is 19.7. The molecular formula is C29H24F3IN4O4. The van der Waals surface area contributed by atoms with Crippen LogP contribution in [0.4, 0.5) is 13.2 Å². The first-order valence-corrected chi connectivity index (χ1v) is 13.6. The number of hydrogen-bond acceptors (Lipinski definition) is 5. The number of aromatic amines is 2. The van der Waals surface area contributed by atoms with Gasteiger partial charge in [0.15, 0.2) is 0 Å². The van der Waals surface area contributed by atoms with E-state index in [-0.39, 0.29) is 36.7 Å². The van der Waals surface area contributed by atoms with Crippen LogP contribution in [-0.4, -0.2) is 42.9 Å². The number of hydrogen-bond donors (Lipinski definition) is 4. The minimum Gasteiger partial charge on any atom is -0.493 e. The van der Waals surface area contributed by atoms with Gasteiger partial charge in [-0.15, -0.1) is 0 Å². The maximum atomic E-state index is 13.9. The number of ether oxygens (including phenoxy) is 1. The number of aromatic nitrogens is 4. The second kappa shape index (κ2) is 11.8. The highest BCUT2D eigenvalue weighted by Crippen LogP contribution is 2.37. The molecule has 8 nitrogen and oxygen atoms in total. The van der Waals surface area contributed by atoms with Gasteiger partial charge in [0.25, 0.3) is 0 Å². The number of aliphatic hydroxyl groups is 1. The molecule has 0 spiro atoms. The fourth-order valence-corrected chi connectivity index (χ4v) is 4.95. The minimum atomic E-state index is -4.62. The van der Waals surface area contributed by atoms with Crippen molar-refractivity contribution in [1.29, 1.82) is 0 Å². The third kappa shape index (κ3) is 6.17. The maximum absolute atomic E-state index is 13.9. The Hall–Kier alpha value is -4.04. The lowest BCUT2D eigenvalue weighted by molar-refractivity contribution is -0.138. The molecule has 0 aliphatic carbocycles. The van der Waals surface area contributed by atoms with Gasteiger partial charge in [0.1, 0.15) is 29.9 Å². The van der Waals surface area contributed by atoms with E-state index in [9.17, 15) is 23.1 Å². The Balaban J connectivity index is 1.59. The van der Waals surface area contributed by atoms with Crippen LogP contribution in [0.25, 0.3) is 22.5 Å². The second-order valence-corrected chi connectivity index (χ2v) is 10.4. The number of H-pyrrole nitrogens is 2. The lowest BCUT2D eigenvalue weighted by Gasteiger charge is -2.20. The third-order valence-electron chi connectivity index (χ3n) is 6.52. The molecule has 12 heteroatoms. The van der Waals surface area contributed by atoms with Crippen molar-refractivity contribution in [1.82, 2.24) is 19.5 Å². The number of alkyl halides is 3. The molecule has 0 aliphatic heterocycles. The molecule has 212 valence electrons. The summed E-state index contributed by atoms with van der Waals surface area (Å²) in [5, 5.41) is 20.2. The Kier molecular flexibility index (Phi) is 8.22. The maximum Gasteiger partial charge on any atom is 0.416 e. The largest absolute Gasteiger partial charge is 0.493 e. The molecule has 0 saturated heterocycles. The number of nitrogens with one attached hydrogen (secondary N) is 2. The topological polar surface area (TPSA) is 116 Å². The van der Waals surface area contributed by atoms with Crippen LogP contribution in [0.3, 0.4) is 0 Å². The van der Waals surface area contributed by atoms with Crippen molar-refractivity contribution in [2.24, 2.45) is 0 Å². The van der Waals surface area contributed by atoms with Gasteiger partial charge in [0.2, 0.25) is 5.88 Å². The number of halogens is 4. The van der Waals surface area contributed by atoms with Gasteiger partial charge >= 0.3 is 11.9 Å². The van der Waals surface area contributed by atoms with Crippen molar-refractivity contribution in [3.05, 3.63) is 110 Å². The monoisotopic (exact) mass is 676 g/mol. The molecule has 0 bridgehead atoms. The number of aromatic hydroxyl groups is 1. The fourth-order valence-electron chi connectivity index (χ4n) is 4.59. The summed E-state index contributed by atoms with van der Waals surface area (Å²) in [4.78, 5) is 23.5. The molecule has 41 heavy (non-hydrogen) atoms. The molecule has 2 aromatic heterocycles. The van der Waals surface area contributed by atoms with Crippen molar-refractivity contribution in [3.8, 4) is 34.1 Å². The average molecular weight is 676 g/mol. The van der Waals surface area contributed by atoms with Crippen LogP contribution in [-0.2, 0) is 12.6 Å². The Morgan fingerprint density at radius 2 is 1.66 bits per heavy atom. The summed E-state index contributed by atoms with van der Waals surface area (Å²) in [6, 6.07) is 18.0. The van der Waals surface area contributed by atoms with Crippen molar-refractivity contribution in [2.45, 2.75) is 18.6 Å². The van der Waals surface area contributed by atoms with Crippen molar-refractivity contribution < 1.29 is 28.1 Å². The molecule has 0 amide bonds. The van der Waals surface area contributed by atoms with Gasteiger partial charge < -0.3 is 24.9 Å². The predicted octanol–water partition coefficient (Wildman–Crippen LogP) is 5.77. The molecule has 2 heterocycles. The molecule has 0 radical (unpaired) electrons. The van der Waals surface area contributed by atoms with Crippen LogP contribution in [0, 0.1) is 3.57 Å². The lowest BCUT2D eigenvalue weighted by Crippen LogP contribution is -2.26. The zero-order valence-corrected chi connectivity index (χ0v) is 23.5. The van der Waals surface area contributed by atoms with Crippen LogP contribution in [0.2, 0.25) is 0 Å². The quantitative estimate of drug-likeness (QED) is 0.148. The average Bonchev–Trinajstić information content (AvgIpc) is 3.56. The second-order valence-electron chi connectivity index (χ2n) is 9.16. The van der Waals surface area contributed by atoms with Gasteiger partial charge in [-0.25, -0.2) is 9.78 Å². The lowest BCUT2D eigenvalue weighted by atomic mass is 9.99. The van der Waals surface area contributed by atoms with E-state index in [4.69, 9.17) is 9.84 Å². The Bertz CT molecular complexity index is 1690. The fraction of sp³-hybridized carbons (Fsp3) is 0.172. The Labute approximate surface area is 245 Å². The smallest absolute Gasteiger partial charge is 0.416 e. The first-order valence-electron chi connectivity index (χ1n) is 12.5. The zero-order valence-electron chi connectivity index (χ0n) is 21.3. The molecule has 1 atom stereocenters. The summed E-state index contributed by atoms with van der Waals surface area (Å²) in [5.74, 6) is 0.219. The number of benzene rings is 3. The number of nitrogens with zero attached hydrogens (tertiary/aromatic N) is 2. The molecule has 0 saturated carbocycles. The summed E-state index contributed by atoms with van der Waals surface area (Å²) in [6.07, 6.45) is -3.36.